The van der Waals surface area contributed by atoms with Crippen LogP contribution in [0.4, 0.5) is 10.5 Å². The Morgan fingerprint density at radius 3 is 2.17 bits per heavy atom. The number of halogens is 1. The summed E-state index contributed by atoms with van der Waals surface area (Å²) in [6.07, 6.45) is -1.54. The molecule has 3 rings (SSSR count). The highest BCUT2D eigenvalue weighted by molar-refractivity contribution is 6.65. The van der Waals surface area contributed by atoms with Crippen molar-refractivity contribution < 1.29 is 29.8 Å². The average Bonchev–Trinajstić information content (AvgIpc) is 2.85. The number of benzene rings is 1. The van der Waals surface area contributed by atoms with E-state index in [1.165, 1.54) is 39.0 Å². The van der Waals surface area contributed by atoms with Crippen molar-refractivity contribution in [3.05, 3.63) is 23.2 Å². The topological polar surface area (TPSA) is 51.2 Å². The SMILES string of the molecule is [2H]C1([2H])N(C(=O)OC(C)(C)C)C([2H])([2H])C([2H])([2H])N(c2ccc(B3OC(C)(C)C(C)(C)O3)c(Cl)c2)C1([2H])[2H]. The van der Waals surface area contributed by atoms with Crippen LogP contribution in [0.3, 0.4) is 0 Å². The summed E-state index contributed by atoms with van der Waals surface area (Å²) < 4.78 is 85.2. The number of carbonyl (C=O) groups excluding carboxylic acids is 1. The summed E-state index contributed by atoms with van der Waals surface area (Å²) in [5.41, 5.74) is -2.38. The third-order valence-corrected chi connectivity index (χ3v) is 5.20. The molecule has 1 aromatic rings. The van der Waals surface area contributed by atoms with E-state index in [2.05, 4.69) is 0 Å². The lowest BCUT2D eigenvalue weighted by Crippen LogP contribution is -2.50. The summed E-state index contributed by atoms with van der Waals surface area (Å²) in [5, 5.41) is 0.0123. The van der Waals surface area contributed by atoms with Gasteiger partial charge in [0.1, 0.15) is 5.60 Å². The van der Waals surface area contributed by atoms with Crippen molar-refractivity contribution in [3.8, 4) is 0 Å². The molecular weight excluding hydrogens is 391 g/mol. The lowest BCUT2D eigenvalue weighted by Gasteiger charge is -2.37. The van der Waals surface area contributed by atoms with E-state index >= 15 is 0 Å². The van der Waals surface area contributed by atoms with Crippen molar-refractivity contribution >= 4 is 36.0 Å². The molecule has 2 aliphatic heterocycles. The van der Waals surface area contributed by atoms with Gasteiger partial charge in [-0.25, -0.2) is 4.79 Å². The lowest BCUT2D eigenvalue weighted by atomic mass is 9.79. The van der Waals surface area contributed by atoms with Crippen LogP contribution in [0.1, 0.15) is 59.4 Å². The normalized spacial score (nSPS) is 32.5. The van der Waals surface area contributed by atoms with E-state index in [9.17, 15) is 4.79 Å². The molecule has 1 aromatic carbocycles. The quantitative estimate of drug-likeness (QED) is 0.670. The molecule has 0 aromatic heterocycles. The molecule has 29 heavy (non-hydrogen) atoms. The van der Waals surface area contributed by atoms with Gasteiger partial charge < -0.3 is 23.8 Å². The minimum Gasteiger partial charge on any atom is -0.444 e. The van der Waals surface area contributed by atoms with Gasteiger partial charge in [-0.15, -0.1) is 0 Å². The van der Waals surface area contributed by atoms with Gasteiger partial charge in [-0.1, -0.05) is 17.7 Å². The van der Waals surface area contributed by atoms with Crippen molar-refractivity contribution in [3.63, 3.8) is 0 Å². The molecule has 2 aliphatic rings. The Labute approximate surface area is 190 Å². The van der Waals surface area contributed by atoms with Crippen molar-refractivity contribution in [1.82, 2.24) is 4.90 Å². The summed E-state index contributed by atoms with van der Waals surface area (Å²) in [6, 6.07) is 3.89. The summed E-state index contributed by atoms with van der Waals surface area (Å²) in [5.74, 6) is 0. The zero-order valence-corrected chi connectivity index (χ0v) is 18.5. The van der Waals surface area contributed by atoms with Crippen LogP contribution in [0.2, 0.25) is 5.02 Å². The molecule has 6 nitrogen and oxygen atoms in total. The van der Waals surface area contributed by atoms with E-state index in [4.69, 9.17) is 36.6 Å². The standard InChI is InChI=1S/C21H32BClN2O4/c1-19(2,3)27-18(26)25-12-10-24(11-13-25)15-8-9-16(17(23)14-15)22-28-20(4,5)21(6,7)29-22/h8-9,14H,10-13H2,1-7H3/i10D2,11D2,12D2,13D2. The van der Waals surface area contributed by atoms with Crippen molar-refractivity contribution in [2.45, 2.75) is 65.3 Å². The predicted molar refractivity (Wildman–Crippen MR) is 117 cm³/mol. The molecule has 0 N–H and O–H groups in total. The molecule has 0 aliphatic carbocycles. The van der Waals surface area contributed by atoms with Crippen LogP contribution in [-0.4, -0.2) is 60.9 Å². The first-order valence-corrected chi connectivity index (χ1v) is 9.68. The number of amides is 1. The molecule has 160 valence electrons. The van der Waals surface area contributed by atoms with E-state index < -0.39 is 56.0 Å². The van der Waals surface area contributed by atoms with Crippen LogP contribution >= 0.6 is 11.6 Å². The number of rotatable bonds is 2. The Morgan fingerprint density at radius 2 is 1.69 bits per heavy atom. The second-order valence-electron chi connectivity index (χ2n) is 8.89. The molecule has 0 radical (unpaired) electrons. The van der Waals surface area contributed by atoms with Gasteiger partial charge in [0.05, 0.1) is 22.2 Å². The van der Waals surface area contributed by atoms with Crippen LogP contribution in [0, 0.1) is 0 Å². The summed E-state index contributed by atoms with van der Waals surface area (Å²) >= 11 is 6.49. The number of anilines is 1. The highest BCUT2D eigenvalue weighted by Crippen LogP contribution is 2.37. The fourth-order valence-corrected chi connectivity index (χ4v) is 2.86. The van der Waals surface area contributed by atoms with E-state index in [1.54, 1.807) is 0 Å². The Morgan fingerprint density at radius 1 is 1.14 bits per heavy atom. The van der Waals surface area contributed by atoms with Gasteiger partial charge in [-0.2, -0.15) is 0 Å². The fraction of sp³-hybridized carbons (Fsp3) is 0.667. The highest BCUT2D eigenvalue weighted by atomic mass is 35.5. The third-order valence-electron chi connectivity index (χ3n) is 4.87. The van der Waals surface area contributed by atoms with Gasteiger partial charge in [0, 0.05) is 42.2 Å². The molecule has 0 unspecified atom stereocenters. The van der Waals surface area contributed by atoms with E-state index in [0.29, 0.717) is 10.4 Å². The Kier molecular flexibility index (Phi) is 3.65. The molecule has 0 atom stereocenters. The van der Waals surface area contributed by atoms with Gasteiger partial charge in [0.25, 0.3) is 0 Å². The van der Waals surface area contributed by atoms with Crippen molar-refractivity contribution in [2.24, 2.45) is 0 Å². The first-order chi connectivity index (χ1) is 16.3. The molecule has 0 bridgehead atoms. The van der Waals surface area contributed by atoms with E-state index in [0.717, 1.165) is 0 Å². The molecular formula is C21H32BClN2O4. The van der Waals surface area contributed by atoms with E-state index in [-0.39, 0.29) is 15.6 Å². The van der Waals surface area contributed by atoms with Gasteiger partial charge in [0.2, 0.25) is 0 Å². The first kappa shape index (κ1) is 13.8. The van der Waals surface area contributed by atoms with E-state index in [1.807, 2.05) is 27.7 Å². The second-order valence-corrected chi connectivity index (χ2v) is 9.30. The number of ether oxygens (including phenoxy) is 1. The van der Waals surface area contributed by atoms with Crippen molar-refractivity contribution in [1.29, 1.82) is 0 Å². The molecule has 1 amide bonds. The van der Waals surface area contributed by atoms with Gasteiger partial charge >= 0.3 is 13.2 Å². The maximum absolute atomic E-state index is 12.8. The summed E-state index contributed by atoms with van der Waals surface area (Å²) in [7, 11) is -0.873. The van der Waals surface area contributed by atoms with Crippen LogP contribution in [0.25, 0.3) is 0 Å². The van der Waals surface area contributed by atoms with Gasteiger partial charge in [0.15, 0.2) is 0 Å². The van der Waals surface area contributed by atoms with Gasteiger partial charge in [-0.05, 0) is 60.6 Å². The summed E-state index contributed by atoms with van der Waals surface area (Å²) in [4.78, 5) is 13.0. The number of piperazine rings is 1. The maximum Gasteiger partial charge on any atom is 0.496 e. The number of hydrogen-bond acceptors (Lipinski definition) is 5. The molecule has 2 fully saturated rings. The predicted octanol–water partition coefficient (Wildman–Crippen LogP) is 3.70. The Bertz CT molecular complexity index is 1050. The molecule has 2 heterocycles. The average molecular weight is 431 g/mol. The van der Waals surface area contributed by atoms with Crippen molar-refractivity contribution in [2.75, 3.05) is 30.9 Å². The fourth-order valence-electron chi connectivity index (χ4n) is 2.60. The molecule has 0 saturated carbocycles. The number of nitrogens with zero attached hydrogens (tertiary/aromatic N) is 2. The smallest absolute Gasteiger partial charge is 0.444 e. The lowest BCUT2D eigenvalue weighted by molar-refractivity contribution is 0.00578. The largest absolute Gasteiger partial charge is 0.496 e. The van der Waals surface area contributed by atoms with Crippen LogP contribution in [0.5, 0.6) is 0 Å². The highest BCUT2D eigenvalue weighted by Gasteiger charge is 2.52. The maximum atomic E-state index is 12.8. The molecule has 2 saturated heterocycles. The second kappa shape index (κ2) is 7.67. The minimum absolute atomic E-state index is 0.0123. The first-order valence-electron chi connectivity index (χ1n) is 13.3. The molecule has 0 spiro atoms. The minimum atomic E-state index is -3.37. The Hall–Kier alpha value is -1.44. The van der Waals surface area contributed by atoms with Crippen LogP contribution in [0.15, 0.2) is 18.2 Å². The molecule has 8 heteroatoms. The zero-order valence-electron chi connectivity index (χ0n) is 25.7. The Balaban J connectivity index is 2.09. The number of carbonyl (C=O) groups is 1. The summed E-state index contributed by atoms with van der Waals surface area (Å²) in [6.45, 7) is -1.46. The number of hydrogen-bond donors (Lipinski definition) is 0. The van der Waals surface area contributed by atoms with Gasteiger partial charge in [-0.3, -0.25) is 0 Å². The van der Waals surface area contributed by atoms with Crippen LogP contribution < -0.4 is 10.4 Å². The monoisotopic (exact) mass is 430 g/mol. The zero-order chi connectivity index (χ0) is 28.8. The van der Waals surface area contributed by atoms with Crippen LogP contribution in [-0.2, 0) is 14.0 Å². The third kappa shape index (κ3) is 4.84.